The molecule has 0 atom stereocenters. The fourth-order valence-corrected chi connectivity index (χ4v) is 2.84. The minimum Gasteiger partial charge on any atom is -0.346 e. The van der Waals surface area contributed by atoms with E-state index in [0.29, 0.717) is 11.5 Å². The third kappa shape index (κ3) is 1.51. The molecule has 0 saturated heterocycles. The maximum Gasteiger partial charge on any atom is 0.0279 e. The van der Waals surface area contributed by atoms with Crippen LogP contribution in [0.15, 0.2) is 6.07 Å². The summed E-state index contributed by atoms with van der Waals surface area (Å²) in [7, 11) is 0. The van der Waals surface area contributed by atoms with Gasteiger partial charge in [0.2, 0.25) is 0 Å². The van der Waals surface area contributed by atoms with Gasteiger partial charge in [-0.15, -0.1) is 0 Å². The highest BCUT2D eigenvalue weighted by molar-refractivity contribution is 5.39. The van der Waals surface area contributed by atoms with Gasteiger partial charge < -0.3 is 10.3 Å². The third-order valence-corrected chi connectivity index (χ3v) is 3.82. The van der Waals surface area contributed by atoms with Crippen LogP contribution >= 0.6 is 0 Å². The first kappa shape index (κ1) is 10.7. The predicted octanol–water partition coefficient (Wildman–Crippen LogP) is 2.68. The Kier molecular flexibility index (Phi) is 2.42. The molecule has 0 aromatic carbocycles. The van der Waals surface area contributed by atoms with Crippen LogP contribution in [0.3, 0.4) is 0 Å². The van der Waals surface area contributed by atoms with Crippen molar-refractivity contribution >= 4 is 0 Å². The third-order valence-electron chi connectivity index (χ3n) is 3.82. The van der Waals surface area contributed by atoms with Crippen LogP contribution in [0.25, 0.3) is 0 Å². The summed E-state index contributed by atoms with van der Waals surface area (Å²) in [5.41, 5.74) is 10.5. The van der Waals surface area contributed by atoms with Crippen LogP contribution in [-0.2, 0) is 5.41 Å². The van der Waals surface area contributed by atoms with E-state index < -0.39 is 0 Å². The Morgan fingerprint density at radius 1 is 1.40 bits per heavy atom. The van der Waals surface area contributed by atoms with Crippen LogP contribution < -0.4 is 5.73 Å². The van der Waals surface area contributed by atoms with Crippen molar-refractivity contribution in [2.75, 3.05) is 6.54 Å². The molecule has 0 aliphatic heterocycles. The average molecular weight is 206 g/mol. The molecular formula is C13H22N2. The van der Waals surface area contributed by atoms with E-state index in [1.165, 1.54) is 29.8 Å². The number of aromatic nitrogens is 1. The number of rotatable bonds is 3. The molecule has 0 radical (unpaired) electrons. The molecule has 1 heterocycles. The van der Waals surface area contributed by atoms with Crippen molar-refractivity contribution in [2.24, 2.45) is 5.73 Å². The van der Waals surface area contributed by atoms with Crippen molar-refractivity contribution in [2.45, 2.75) is 52.0 Å². The van der Waals surface area contributed by atoms with Crippen LogP contribution in [0.5, 0.6) is 0 Å². The predicted molar refractivity (Wildman–Crippen MR) is 64.3 cm³/mol. The molecule has 84 valence electrons. The van der Waals surface area contributed by atoms with E-state index >= 15 is 0 Å². The van der Waals surface area contributed by atoms with Gasteiger partial charge in [0.15, 0.2) is 0 Å². The molecule has 2 rings (SSSR count). The second-order valence-electron chi connectivity index (χ2n) is 5.23. The second kappa shape index (κ2) is 3.38. The van der Waals surface area contributed by atoms with E-state index in [2.05, 4.69) is 38.3 Å². The molecule has 0 bridgehead atoms. The van der Waals surface area contributed by atoms with Crippen molar-refractivity contribution in [3.05, 3.63) is 23.0 Å². The Morgan fingerprint density at radius 2 is 2.00 bits per heavy atom. The van der Waals surface area contributed by atoms with Crippen molar-refractivity contribution in [1.29, 1.82) is 0 Å². The number of aryl methyl sites for hydroxylation is 1. The molecule has 1 aromatic rings. The summed E-state index contributed by atoms with van der Waals surface area (Å²) >= 11 is 0. The zero-order valence-corrected chi connectivity index (χ0v) is 10.3. The van der Waals surface area contributed by atoms with Gasteiger partial charge in [-0.25, -0.2) is 0 Å². The van der Waals surface area contributed by atoms with Gasteiger partial charge >= 0.3 is 0 Å². The molecule has 0 spiro atoms. The summed E-state index contributed by atoms with van der Waals surface area (Å²) in [4.78, 5) is 0. The number of nitrogens with two attached hydrogens (primary N) is 1. The molecule has 15 heavy (non-hydrogen) atoms. The summed E-state index contributed by atoms with van der Waals surface area (Å²) in [5.74, 6) is 0. The van der Waals surface area contributed by atoms with Crippen LogP contribution in [0.1, 0.15) is 49.7 Å². The SMILES string of the molecule is Cc1cc(C2(CN)CC2)c(C)n1C(C)C. The Labute approximate surface area is 92.5 Å². The van der Waals surface area contributed by atoms with E-state index in [0.717, 1.165) is 6.54 Å². The average Bonchev–Trinajstić information content (AvgIpc) is 2.88. The lowest BCUT2D eigenvalue weighted by Gasteiger charge is -2.16. The highest BCUT2D eigenvalue weighted by atomic mass is 15.0. The van der Waals surface area contributed by atoms with Crippen LogP contribution in [0, 0.1) is 13.8 Å². The largest absolute Gasteiger partial charge is 0.346 e. The molecular weight excluding hydrogens is 184 g/mol. The Balaban J connectivity index is 2.47. The van der Waals surface area contributed by atoms with Gasteiger partial charge in [-0.05, 0) is 52.2 Å². The number of hydrogen-bond donors (Lipinski definition) is 1. The highest BCUT2D eigenvalue weighted by Gasteiger charge is 2.44. The minimum absolute atomic E-state index is 0.328. The monoisotopic (exact) mass is 206 g/mol. The van der Waals surface area contributed by atoms with E-state index in [1.54, 1.807) is 0 Å². The summed E-state index contributed by atoms with van der Waals surface area (Å²) in [5, 5.41) is 0. The van der Waals surface area contributed by atoms with Crippen molar-refractivity contribution in [1.82, 2.24) is 4.57 Å². The molecule has 2 nitrogen and oxygen atoms in total. The van der Waals surface area contributed by atoms with E-state index in [4.69, 9.17) is 5.73 Å². The quantitative estimate of drug-likeness (QED) is 0.810. The molecule has 0 unspecified atom stereocenters. The van der Waals surface area contributed by atoms with Gasteiger partial charge in [0.05, 0.1) is 0 Å². The molecule has 2 N–H and O–H groups in total. The summed E-state index contributed by atoms with van der Waals surface area (Å²) in [6, 6.07) is 2.89. The first-order valence-corrected chi connectivity index (χ1v) is 5.91. The summed E-state index contributed by atoms with van der Waals surface area (Å²) < 4.78 is 2.42. The molecule has 1 aromatic heterocycles. The van der Waals surface area contributed by atoms with E-state index in [-0.39, 0.29) is 0 Å². The maximum atomic E-state index is 5.90. The van der Waals surface area contributed by atoms with Crippen molar-refractivity contribution in [3.8, 4) is 0 Å². The van der Waals surface area contributed by atoms with Crippen LogP contribution in [-0.4, -0.2) is 11.1 Å². The normalized spacial score (nSPS) is 18.5. The lowest BCUT2D eigenvalue weighted by atomic mass is 9.96. The smallest absolute Gasteiger partial charge is 0.0279 e. The van der Waals surface area contributed by atoms with Crippen molar-refractivity contribution in [3.63, 3.8) is 0 Å². The molecule has 1 saturated carbocycles. The zero-order valence-electron chi connectivity index (χ0n) is 10.3. The van der Waals surface area contributed by atoms with Crippen LogP contribution in [0.2, 0.25) is 0 Å². The number of hydrogen-bond acceptors (Lipinski definition) is 1. The Bertz CT molecular complexity index is 370. The first-order valence-electron chi connectivity index (χ1n) is 5.91. The van der Waals surface area contributed by atoms with Gasteiger partial charge in [0.25, 0.3) is 0 Å². The van der Waals surface area contributed by atoms with Gasteiger partial charge in [0.1, 0.15) is 0 Å². The van der Waals surface area contributed by atoms with Gasteiger partial charge in [-0.2, -0.15) is 0 Å². The van der Waals surface area contributed by atoms with Crippen LogP contribution in [0.4, 0.5) is 0 Å². The molecule has 0 amide bonds. The standard InChI is InChI=1S/C13H22N2/c1-9(2)15-10(3)7-12(11(15)4)13(8-14)5-6-13/h7,9H,5-6,8,14H2,1-4H3. The highest BCUT2D eigenvalue weighted by Crippen LogP contribution is 2.49. The molecule has 1 aliphatic carbocycles. The first-order chi connectivity index (χ1) is 7.02. The Morgan fingerprint density at radius 3 is 2.33 bits per heavy atom. The summed E-state index contributed by atoms with van der Waals surface area (Å²) in [6.07, 6.45) is 2.54. The minimum atomic E-state index is 0.328. The fraction of sp³-hybridized carbons (Fsp3) is 0.692. The van der Waals surface area contributed by atoms with Gasteiger partial charge in [-0.1, -0.05) is 0 Å². The van der Waals surface area contributed by atoms with Gasteiger partial charge in [-0.3, -0.25) is 0 Å². The van der Waals surface area contributed by atoms with Gasteiger partial charge in [0, 0.05) is 29.4 Å². The fourth-order valence-electron chi connectivity index (χ4n) is 2.84. The number of nitrogens with zero attached hydrogens (tertiary/aromatic N) is 1. The van der Waals surface area contributed by atoms with E-state index in [9.17, 15) is 0 Å². The van der Waals surface area contributed by atoms with Crippen molar-refractivity contribution < 1.29 is 0 Å². The second-order valence-corrected chi connectivity index (χ2v) is 5.23. The topological polar surface area (TPSA) is 30.9 Å². The zero-order chi connectivity index (χ0) is 11.2. The Hall–Kier alpha value is -0.760. The van der Waals surface area contributed by atoms with E-state index in [1.807, 2.05) is 0 Å². The molecule has 1 fully saturated rings. The maximum absolute atomic E-state index is 5.90. The lowest BCUT2D eigenvalue weighted by molar-refractivity contribution is 0.568. The molecule has 2 heteroatoms. The lowest BCUT2D eigenvalue weighted by Crippen LogP contribution is -2.20. The summed E-state index contributed by atoms with van der Waals surface area (Å²) in [6.45, 7) is 9.72. The molecule has 1 aliphatic rings.